The molecule has 1 aliphatic rings. The number of ether oxygens (including phenoxy) is 1. The molecule has 6 nitrogen and oxygen atoms in total. The number of nitrogens with one attached hydrogen (secondary N) is 1. The number of hydrogen-bond acceptors (Lipinski definition) is 4. The molecule has 1 aliphatic heterocycles. The van der Waals surface area contributed by atoms with E-state index in [4.69, 9.17) is 4.74 Å². The van der Waals surface area contributed by atoms with Crippen LogP contribution in [0.3, 0.4) is 0 Å². The van der Waals surface area contributed by atoms with Crippen LogP contribution in [-0.2, 0) is 9.59 Å². The van der Waals surface area contributed by atoms with E-state index in [0.29, 0.717) is 25.3 Å². The van der Waals surface area contributed by atoms with Crippen LogP contribution in [0.1, 0.15) is 32.3 Å². The van der Waals surface area contributed by atoms with Gasteiger partial charge in [0.05, 0.1) is 5.69 Å². The van der Waals surface area contributed by atoms with Crippen LogP contribution in [0.15, 0.2) is 18.2 Å². The molecule has 0 saturated heterocycles. The Morgan fingerprint density at radius 3 is 2.80 bits per heavy atom. The van der Waals surface area contributed by atoms with Gasteiger partial charge >= 0.3 is 0 Å². The fraction of sp³-hybridized carbons (Fsp3) is 0.579. The Balaban J connectivity index is 1.80. The summed E-state index contributed by atoms with van der Waals surface area (Å²) in [5.74, 6) is 0.574. The molecule has 0 fully saturated rings. The lowest BCUT2D eigenvalue weighted by molar-refractivity contribution is -0.122. The van der Waals surface area contributed by atoms with Gasteiger partial charge in [-0.1, -0.05) is 19.9 Å². The first-order valence-corrected chi connectivity index (χ1v) is 9.08. The van der Waals surface area contributed by atoms with E-state index in [1.54, 1.807) is 4.90 Å². The van der Waals surface area contributed by atoms with Gasteiger partial charge in [-0.15, -0.1) is 0 Å². The minimum absolute atomic E-state index is 0.0203. The Kier molecular flexibility index (Phi) is 7.25. The normalized spacial score (nSPS) is 13.6. The van der Waals surface area contributed by atoms with E-state index < -0.39 is 0 Å². The van der Waals surface area contributed by atoms with Gasteiger partial charge in [-0.05, 0) is 50.7 Å². The molecule has 1 aromatic rings. The first-order valence-electron chi connectivity index (χ1n) is 9.08. The maximum atomic E-state index is 12.1. The molecule has 1 N–H and O–H groups in total. The number of carbonyl (C=O) groups is 2. The van der Waals surface area contributed by atoms with Gasteiger partial charge in [-0.3, -0.25) is 9.59 Å². The number of nitrogens with zero attached hydrogens (tertiary/aromatic N) is 2. The fourth-order valence-corrected chi connectivity index (χ4v) is 2.93. The standard InChI is InChI=1S/C19H29N3O3/c1-4-21(5-2)11-6-10-20-18(23)9-12-22-16-13-15(3)7-8-17(16)25-14-19(22)24/h7-8,13H,4-6,9-12,14H2,1-3H3,(H,20,23). The van der Waals surface area contributed by atoms with Crippen LogP contribution >= 0.6 is 0 Å². The molecule has 0 atom stereocenters. The first kappa shape index (κ1) is 19.2. The Morgan fingerprint density at radius 1 is 1.32 bits per heavy atom. The third-order valence-electron chi connectivity index (χ3n) is 4.49. The van der Waals surface area contributed by atoms with Crippen molar-refractivity contribution in [1.82, 2.24) is 10.2 Å². The molecule has 2 amide bonds. The Bertz CT molecular complexity index is 600. The zero-order chi connectivity index (χ0) is 18.2. The highest BCUT2D eigenvalue weighted by Gasteiger charge is 2.25. The van der Waals surface area contributed by atoms with E-state index in [9.17, 15) is 9.59 Å². The predicted octanol–water partition coefficient (Wildman–Crippen LogP) is 1.96. The third kappa shape index (κ3) is 5.46. The Hall–Kier alpha value is -2.08. The van der Waals surface area contributed by atoms with E-state index in [1.165, 1.54) is 0 Å². The lowest BCUT2D eigenvalue weighted by Crippen LogP contribution is -2.41. The molecule has 0 saturated carbocycles. The average molecular weight is 347 g/mol. The van der Waals surface area contributed by atoms with E-state index >= 15 is 0 Å². The van der Waals surface area contributed by atoms with Crippen molar-refractivity contribution < 1.29 is 14.3 Å². The SMILES string of the molecule is CCN(CC)CCCNC(=O)CCN1C(=O)COc2ccc(C)cc21. The van der Waals surface area contributed by atoms with Gasteiger partial charge in [0.2, 0.25) is 5.91 Å². The molecule has 0 bridgehead atoms. The van der Waals surface area contributed by atoms with Crippen molar-refractivity contribution in [2.24, 2.45) is 0 Å². The molecule has 0 aromatic heterocycles. The number of fused-ring (bicyclic) bond motifs is 1. The zero-order valence-corrected chi connectivity index (χ0v) is 15.5. The summed E-state index contributed by atoms with van der Waals surface area (Å²) in [6.07, 6.45) is 1.23. The van der Waals surface area contributed by atoms with Gasteiger partial charge in [0.15, 0.2) is 6.61 Å². The molecule has 0 unspecified atom stereocenters. The van der Waals surface area contributed by atoms with Crippen molar-refractivity contribution in [3.05, 3.63) is 23.8 Å². The minimum atomic E-state index is -0.104. The topological polar surface area (TPSA) is 61.9 Å². The number of hydrogen-bond donors (Lipinski definition) is 1. The van der Waals surface area contributed by atoms with Crippen LogP contribution in [0.4, 0.5) is 5.69 Å². The van der Waals surface area contributed by atoms with E-state index in [-0.39, 0.29) is 18.4 Å². The quantitative estimate of drug-likeness (QED) is 0.694. The van der Waals surface area contributed by atoms with Crippen LogP contribution < -0.4 is 15.0 Å². The molecule has 138 valence electrons. The van der Waals surface area contributed by atoms with Gasteiger partial charge in [0.25, 0.3) is 5.91 Å². The summed E-state index contributed by atoms with van der Waals surface area (Å²) < 4.78 is 5.45. The number of benzene rings is 1. The van der Waals surface area contributed by atoms with E-state index in [2.05, 4.69) is 24.1 Å². The van der Waals surface area contributed by atoms with Crippen molar-refractivity contribution in [3.63, 3.8) is 0 Å². The summed E-state index contributed by atoms with van der Waals surface area (Å²) in [6.45, 7) is 10.4. The molecule has 1 aromatic carbocycles. The summed E-state index contributed by atoms with van der Waals surface area (Å²) in [7, 11) is 0. The maximum absolute atomic E-state index is 12.1. The van der Waals surface area contributed by atoms with E-state index in [0.717, 1.165) is 37.3 Å². The average Bonchev–Trinajstić information content (AvgIpc) is 2.61. The Morgan fingerprint density at radius 2 is 2.08 bits per heavy atom. The van der Waals surface area contributed by atoms with Crippen molar-refractivity contribution >= 4 is 17.5 Å². The molecule has 0 aliphatic carbocycles. The highest BCUT2D eigenvalue weighted by Crippen LogP contribution is 2.32. The molecule has 1 heterocycles. The van der Waals surface area contributed by atoms with E-state index in [1.807, 2.05) is 25.1 Å². The second-order valence-electron chi connectivity index (χ2n) is 6.29. The van der Waals surface area contributed by atoms with Gasteiger partial charge < -0.3 is 19.9 Å². The number of carbonyl (C=O) groups excluding carboxylic acids is 2. The van der Waals surface area contributed by atoms with Gasteiger partial charge in [0.1, 0.15) is 5.75 Å². The van der Waals surface area contributed by atoms with Crippen LogP contribution in [0.25, 0.3) is 0 Å². The summed E-state index contributed by atoms with van der Waals surface area (Å²) in [5.41, 5.74) is 1.81. The van der Waals surface area contributed by atoms with Crippen molar-refractivity contribution in [2.75, 3.05) is 44.2 Å². The summed E-state index contributed by atoms with van der Waals surface area (Å²) in [4.78, 5) is 28.2. The van der Waals surface area contributed by atoms with Crippen LogP contribution in [0.2, 0.25) is 0 Å². The third-order valence-corrected chi connectivity index (χ3v) is 4.49. The molecular weight excluding hydrogens is 318 g/mol. The molecule has 6 heteroatoms. The smallest absolute Gasteiger partial charge is 0.265 e. The second kappa shape index (κ2) is 9.42. The lowest BCUT2D eigenvalue weighted by atomic mass is 10.1. The van der Waals surface area contributed by atoms with Gasteiger partial charge in [-0.2, -0.15) is 0 Å². The van der Waals surface area contributed by atoms with Gasteiger partial charge in [-0.25, -0.2) is 0 Å². The molecule has 25 heavy (non-hydrogen) atoms. The monoisotopic (exact) mass is 347 g/mol. The lowest BCUT2D eigenvalue weighted by Gasteiger charge is -2.29. The molecule has 0 spiro atoms. The minimum Gasteiger partial charge on any atom is -0.482 e. The van der Waals surface area contributed by atoms with Gasteiger partial charge in [0, 0.05) is 19.5 Å². The fourth-order valence-electron chi connectivity index (χ4n) is 2.93. The van der Waals surface area contributed by atoms with Crippen molar-refractivity contribution in [1.29, 1.82) is 0 Å². The highest BCUT2D eigenvalue weighted by molar-refractivity contribution is 5.98. The largest absolute Gasteiger partial charge is 0.482 e. The summed E-state index contributed by atoms with van der Waals surface area (Å²) in [5, 5.41) is 2.94. The number of amides is 2. The number of aryl methyl sites for hydroxylation is 1. The summed E-state index contributed by atoms with van der Waals surface area (Å²) in [6, 6.07) is 5.75. The molecule has 2 rings (SSSR count). The van der Waals surface area contributed by atoms with Crippen LogP contribution in [0, 0.1) is 6.92 Å². The number of anilines is 1. The second-order valence-corrected chi connectivity index (χ2v) is 6.29. The number of rotatable bonds is 9. The van der Waals surface area contributed by atoms with Crippen molar-refractivity contribution in [3.8, 4) is 5.75 Å². The zero-order valence-electron chi connectivity index (χ0n) is 15.5. The van der Waals surface area contributed by atoms with Crippen LogP contribution in [-0.4, -0.2) is 56.0 Å². The summed E-state index contributed by atoms with van der Waals surface area (Å²) >= 11 is 0. The molecular formula is C19H29N3O3. The Labute approximate surface area is 150 Å². The van der Waals surface area contributed by atoms with Crippen molar-refractivity contribution in [2.45, 2.75) is 33.6 Å². The molecule has 0 radical (unpaired) electrons. The highest BCUT2D eigenvalue weighted by atomic mass is 16.5. The first-order chi connectivity index (χ1) is 12.0. The predicted molar refractivity (Wildman–Crippen MR) is 99.1 cm³/mol. The maximum Gasteiger partial charge on any atom is 0.265 e. The van der Waals surface area contributed by atoms with Crippen LogP contribution in [0.5, 0.6) is 5.75 Å².